The van der Waals surface area contributed by atoms with Crippen LogP contribution in [-0.4, -0.2) is 24.0 Å². The van der Waals surface area contributed by atoms with Crippen molar-refractivity contribution in [2.24, 2.45) is 34.0 Å². The van der Waals surface area contributed by atoms with E-state index in [1.54, 1.807) is 13.0 Å². The van der Waals surface area contributed by atoms with E-state index in [9.17, 15) is 9.59 Å². The number of carbonyl (C=O) groups is 2. The zero-order valence-electron chi connectivity index (χ0n) is 29.4. The van der Waals surface area contributed by atoms with Gasteiger partial charge in [0, 0.05) is 25.5 Å². The minimum atomic E-state index is -0.231. The molecule has 246 valence electrons. The molecule has 0 aliphatic heterocycles. The maximum Gasteiger partial charge on any atom is 0.331 e. The lowest BCUT2D eigenvalue weighted by atomic mass is 9.48. The zero-order valence-corrected chi connectivity index (χ0v) is 29.4. The average molecular weight is 614 g/mol. The number of ether oxygens (including phenoxy) is 1. The lowest BCUT2D eigenvalue weighted by Gasteiger charge is -2.58. The van der Waals surface area contributed by atoms with Crippen molar-refractivity contribution in [1.29, 1.82) is 0 Å². The largest absolute Gasteiger partial charge is 0.459 e. The molecule has 3 fully saturated rings. The van der Waals surface area contributed by atoms with E-state index in [1.807, 2.05) is 19.1 Å². The summed E-state index contributed by atoms with van der Waals surface area (Å²) in [5.74, 6) is 1.95. The Kier molecular flexibility index (Phi) is 9.93. The summed E-state index contributed by atoms with van der Waals surface area (Å²) in [6.07, 6.45) is 27.3. The highest BCUT2D eigenvalue weighted by Gasteiger charge is 2.59. The van der Waals surface area contributed by atoms with Gasteiger partial charge in [-0.3, -0.25) is 4.79 Å². The Morgan fingerprint density at radius 2 is 1.71 bits per heavy atom. The van der Waals surface area contributed by atoms with Gasteiger partial charge in [0.05, 0.1) is 0 Å². The van der Waals surface area contributed by atoms with Gasteiger partial charge >= 0.3 is 5.97 Å². The second kappa shape index (κ2) is 13.2. The van der Waals surface area contributed by atoms with Crippen molar-refractivity contribution in [3.63, 3.8) is 0 Å². The molecule has 5 aliphatic rings. The van der Waals surface area contributed by atoms with Crippen LogP contribution in [0.4, 0.5) is 0 Å². The molecule has 5 aliphatic carbocycles. The van der Waals surface area contributed by atoms with Crippen molar-refractivity contribution >= 4 is 11.9 Å². The third-order valence-corrected chi connectivity index (χ3v) is 12.8. The maximum absolute atomic E-state index is 12.9. The number of rotatable bonds is 7. The zero-order chi connectivity index (χ0) is 32.6. The van der Waals surface area contributed by atoms with Gasteiger partial charge in [-0.2, -0.15) is 0 Å². The molecular weight excluding hydrogens is 554 g/mol. The highest BCUT2D eigenvalue weighted by molar-refractivity contribution is 5.83. The molecule has 5 rings (SSSR count). The topological polar surface area (TPSA) is 55.4 Å². The second-order valence-corrected chi connectivity index (χ2v) is 16.4. The number of nitrogens with one attached hydrogen (secondary N) is 1. The van der Waals surface area contributed by atoms with Crippen LogP contribution < -0.4 is 5.32 Å². The molecule has 4 heteroatoms. The summed E-state index contributed by atoms with van der Waals surface area (Å²) in [6.45, 7) is 17.7. The van der Waals surface area contributed by atoms with Gasteiger partial charge in [0.2, 0.25) is 5.91 Å². The molecule has 0 heterocycles. The van der Waals surface area contributed by atoms with E-state index in [-0.39, 0.29) is 34.2 Å². The monoisotopic (exact) mass is 613 g/mol. The van der Waals surface area contributed by atoms with Gasteiger partial charge < -0.3 is 10.1 Å². The smallest absolute Gasteiger partial charge is 0.331 e. The molecule has 1 N–H and O–H groups in total. The summed E-state index contributed by atoms with van der Waals surface area (Å²) in [5, 5.41) is 3.30. The number of carbonyl (C=O) groups excluding carboxylic acids is 2. The summed E-state index contributed by atoms with van der Waals surface area (Å²) >= 11 is 0. The molecule has 3 unspecified atom stereocenters. The van der Waals surface area contributed by atoms with Crippen molar-refractivity contribution in [1.82, 2.24) is 5.32 Å². The first kappa shape index (κ1) is 33.7. The van der Waals surface area contributed by atoms with Crippen molar-refractivity contribution in [2.45, 2.75) is 138 Å². The summed E-state index contributed by atoms with van der Waals surface area (Å²) in [7, 11) is 0. The highest BCUT2D eigenvalue weighted by atomic mass is 16.5. The van der Waals surface area contributed by atoms with Crippen molar-refractivity contribution < 1.29 is 14.3 Å². The molecule has 1 amide bonds. The Labute approximate surface area is 273 Å². The van der Waals surface area contributed by atoms with Crippen LogP contribution in [0.2, 0.25) is 0 Å². The first-order valence-electron chi connectivity index (χ1n) is 17.8. The number of esters is 1. The average Bonchev–Trinajstić information content (AvgIpc) is 3.28. The van der Waals surface area contributed by atoms with Gasteiger partial charge in [0.15, 0.2) is 0 Å². The van der Waals surface area contributed by atoms with Crippen LogP contribution in [0.25, 0.3) is 0 Å². The van der Waals surface area contributed by atoms with E-state index < -0.39 is 0 Å². The maximum atomic E-state index is 12.9. The molecule has 0 spiro atoms. The van der Waals surface area contributed by atoms with E-state index in [2.05, 4.69) is 71.2 Å². The first-order chi connectivity index (χ1) is 21.2. The fourth-order valence-electron chi connectivity index (χ4n) is 10.3. The van der Waals surface area contributed by atoms with Crippen LogP contribution in [0, 0.1) is 34.0 Å². The molecule has 3 saturated carbocycles. The van der Waals surface area contributed by atoms with Gasteiger partial charge in [0.25, 0.3) is 0 Å². The molecule has 0 aromatic carbocycles. The lowest BCUT2D eigenvalue weighted by molar-refractivity contribution is -0.145. The van der Waals surface area contributed by atoms with E-state index >= 15 is 0 Å². The van der Waals surface area contributed by atoms with Crippen molar-refractivity contribution in [3.8, 4) is 0 Å². The Morgan fingerprint density at radius 1 is 0.933 bits per heavy atom. The number of amides is 1. The lowest BCUT2D eigenvalue weighted by Crippen LogP contribution is -2.53. The summed E-state index contributed by atoms with van der Waals surface area (Å²) in [5.41, 5.74) is 7.27. The quantitative estimate of drug-likeness (QED) is 0.135. The number of hydrogen-bond donors (Lipinski definition) is 1. The van der Waals surface area contributed by atoms with E-state index in [0.29, 0.717) is 23.8 Å². The normalized spacial score (nSPS) is 36.8. The van der Waals surface area contributed by atoms with Crippen LogP contribution in [0.15, 0.2) is 70.4 Å². The second-order valence-electron chi connectivity index (χ2n) is 16.4. The Bertz CT molecular complexity index is 1350. The number of hydrogen-bond acceptors (Lipinski definition) is 3. The third-order valence-electron chi connectivity index (χ3n) is 12.8. The van der Waals surface area contributed by atoms with Crippen LogP contribution >= 0.6 is 0 Å². The fourth-order valence-corrected chi connectivity index (χ4v) is 10.3. The standard InChI is InChI=1S/C41H59NO3/c1-27(14-17-34-29(3)13-10-22-39(34,5)6)11-9-12-28(2)25-38(44)45-32-20-23-40(7)31(26-32)15-16-33-35-18-19-37(42-30(4)43)41(35,8)24-21-36(33)40/h9,11-12,14-15,17,25,32-33,35-37H,10,13,16,18-24,26H2,1-8H3,(H,42,43)/b12-9+,17-14+,27-11+,28-25+/t32-,33?,35?,36?,37-,40-,41-/m0/s1. The van der Waals surface area contributed by atoms with Crippen LogP contribution in [0.5, 0.6) is 0 Å². The highest BCUT2D eigenvalue weighted by Crippen LogP contribution is 2.65. The molecular formula is C41H59NO3. The van der Waals surface area contributed by atoms with Gasteiger partial charge in [-0.1, -0.05) is 80.9 Å². The number of fused-ring (bicyclic) bond motifs is 5. The summed E-state index contributed by atoms with van der Waals surface area (Å²) in [6, 6.07) is 0.318. The van der Waals surface area contributed by atoms with Crippen LogP contribution in [0.3, 0.4) is 0 Å². The predicted octanol–water partition coefficient (Wildman–Crippen LogP) is 9.90. The molecule has 0 saturated heterocycles. The molecule has 7 atom stereocenters. The Balaban J connectivity index is 1.16. The molecule has 0 aromatic heterocycles. The Hall–Kier alpha value is -2.62. The molecule has 0 radical (unpaired) electrons. The van der Waals surface area contributed by atoms with Gasteiger partial charge in [-0.25, -0.2) is 4.79 Å². The first-order valence-corrected chi connectivity index (χ1v) is 17.8. The van der Waals surface area contributed by atoms with Gasteiger partial charge in [-0.15, -0.1) is 0 Å². The fraction of sp³-hybridized carbons (Fsp3) is 0.659. The summed E-state index contributed by atoms with van der Waals surface area (Å²) < 4.78 is 6.03. The van der Waals surface area contributed by atoms with E-state index in [1.165, 1.54) is 60.8 Å². The molecule has 0 bridgehead atoms. The molecule has 0 aromatic rings. The summed E-state index contributed by atoms with van der Waals surface area (Å²) in [4.78, 5) is 24.8. The van der Waals surface area contributed by atoms with E-state index in [4.69, 9.17) is 4.74 Å². The predicted molar refractivity (Wildman–Crippen MR) is 185 cm³/mol. The third kappa shape index (κ3) is 7.05. The Morgan fingerprint density at radius 3 is 2.44 bits per heavy atom. The van der Waals surface area contributed by atoms with Crippen LogP contribution in [0.1, 0.15) is 126 Å². The minimum absolute atomic E-state index is 0.0417. The van der Waals surface area contributed by atoms with Crippen LogP contribution in [-0.2, 0) is 14.3 Å². The molecule has 45 heavy (non-hydrogen) atoms. The number of allylic oxidation sites excluding steroid dienone is 10. The van der Waals surface area contributed by atoms with E-state index in [0.717, 1.165) is 37.7 Å². The van der Waals surface area contributed by atoms with Gasteiger partial charge in [-0.05, 0) is 130 Å². The minimum Gasteiger partial charge on any atom is -0.459 e. The SMILES string of the molecule is CC(=O)N[C@H]1CCC2C3CC=C4C[C@@H](OC(=O)/C=C(C)/C=C/C=C(C)/C=C/C5=C(C)CCCC5(C)C)CC[C@]4(C)C3CC[C@@]21C. The molecule has 4 nitrogen and oxygen atoms in total. The van der Waals surface area contributed by atoms with Crippen molar-refractivity contribution in [2.75, 3.05) is 0 Å². The van der Waals surface area contributed by atoms with Crippen molar-refractivity contribution in [3.05, 3.63) is 70.4 Å². The van der Waals surface area contributed by atoms with Gasteiger partial charge in [0.1, 0.15) is 6.10 Å².